The SMILES string of the molecule is O=C(CC/C=C/c1ccc2c(-c3cc4ccccc4[nH]3)n[nH]c2c1)c1cncn(Cc2ccc(F)c(F)c2)c1=O. The first kappa shape index (κ1) is 25.1. The lowest BCUT2D eigenvalue weighted by atomic mass is 10.1. The predicted molar refractivity (Wildman–Crippen MR) is 150 cm³/mol. The second kappa shape index (κ2) is 10.5. The first-order valence-electron chi connectivity index (χ1n) is 12.7. The molecule has 0 fully saturated rings. The number of fused-ring (bicyclic) bond motifs is 2. The summed E-state index contributed by atoms with van der Waals surface area (Å²) in [7, 11) is 0. The summed E-state index contributed by atoms with van der Waals surface area (Å²) in [6, 6.07) is 19.5. The van der Waals surface area contributed by atoms with Crippen molar-refractivity contribution in [2.75, 3.05) is 0 Å². The third kappa shape index (κ3) is 4.96. The summed E-state index contributed by atoms with van der Waals surface area (Å²) in [5.74, 6) is -2.31. The van der Waals surface area contributed by atoms with Gasteiger partial charge in [-0.1, -0.05) is 42.5 Å². The second-order valence-corrected chi connectivity index (χ2v) is 9.50. The summed E-state index contributed by atoms with van der Waals surface area (Å²) >= 11 is 0. The van der Waals surface area contributed by atoms with Crippen LogP contribution in [0.2, 0.25) is 0 Å². The van der Waals surface area contributed by atoms with Crippen molar-refractivity contribution in [3.8, 4) is 11.4 Å². The first-order chi connectivity index (χ1) is 19.5. The first-order valence-corrected chi connectivity index (χ1v) is 12.7. The van der Waals surface area contributed by atoms with Crippen LogP contribution in [0.25, 0.3) is 39.3 Å². The molecule has 40 heavy (non-hydrogen) atoms. The van der Waals surface area contributed by atoms with Crippen molar-refractivity contribution in [3.63, 3.8) is 0 Å². The predicted octanol–water partition coefficient (Wildman–Crippen LogP) is 6.27. The van der Waals surface area contributed by atoms with Crippen LogP contribution < -0.4 is 5.56 Å². The van der Waals surface area contributed by atoms with Crippen molar-refractivity contribution in [3.05, 3.63) is 124 Å². The van der Waals surface area contributed by atoms with E-state index in [0.29, 0.717) is 12.0 Å². The molecular weight excluding hydrogens is 512 g/mol. The summed E-state index contributed by atoms with van der Waals surface area (Å²) in [6.45, 7) is -0.0257. The molecule has 0 aliphatic carbocycles. The van der Waals surface area contributed by atoms with Crippen molar-refractivity contribution in [2.45, 2.75) is 19.4 Å². The van der Waals surface area contributed by atoms with Gasteiger partial charge in [-0.3, -0.25) is 19.3 Å². The van der Waals surface area contributed by atoms with Crippen molar-refractivity contribution in [1.29, 1.82) is 0 Å². The van der Waals surface area contributed by atoms with E-state index in [0.717, 1.165) is 50.9 Å². The molecule has 3 aromatic heterocycles. The molecule has 2 N–H and O–H groups in total. The number of ketones is 1. The van der Waals surface area contributed by atoms with E-state index < -0.39 is 17.2 Å². The maximum atomic E-state index is 13.5. The molecule has 0 radical (unpaired) electrons. The van der Waals surface area contributed by atoms with Crippen LogP contribution in [0.15, 0.2) is 90.1 Å². The van der Waals surface area contributed by atoms with E-state index in [1.165, 1.54) is 23.2 Å². The number of Topliss-reactive ketones (excluding diaryl/α,β-unsaturated/α-hetero) is 1. The molecule has 0 atom stereocenters. The van der Waals surface area contributed by atoms with Crippen LogP contribution in [0.4, 0.5) is 8.78 Å². The van der Waals surface area contributed by atoms with E-state index in [1.807, 2.05) is 48.6 Å². The lowest BCUT2D eigenvalue weighted by Gasteiger charge is -2.07. The van der Waals surface area contributed by atoms with Gasteiger partial charge < -0.3 is 4.98 Å². The van der Waals surface area contributed by atoms with E-state index in [1.54, 1.807) is 0 Å². The highest BCUT2D eigenvalue weighted by Crippen LogP contribution is 2.29. The molecule has 0 saturated carbocycles. The summed E-state index contributed by atoms with van der Waals surface area (Å²) in [5.41, 5.74) is 4.50. The zero-order valence-corrected chi connectivity index (χ0v) is 21.2. The van der Waals surface area contributed by atoms with Crippen LogP contribution >= 0.6 is 0 Å². The monoisotopic (exact) mass is 535 g/mol. The number of allylic oxidation sites excluding steroid dienone is 1. The highest BCUT2D eigenvalue weighted by atomic mass is 19.2. The van der Waals surface area contributed by atoms with Crippen molar-refractivity contribution in [2.24, 2.45) is 0 Å². The number of aromatic nitrogens is 5. The summed E-state index contributed by atoms with van der Waals surface area (Å²) in [5, 5.41) is 9.72. The van der Waals surface area contributed by atoms with Crippen LogP contribution in [0.5, 0.6) is 0 Å². The minimum Gasteiger partial charge on any atom is -0.353 e. The summed E-state index contributed by atoms with van der Waals surface area (Å²) in [6.07, 6.45) is 6.87. The minimum absolute atomic E-state index is 0.0257. The van der Waals surface area contributed by atoms with Crippen LogP contribution in [0, 0.1) is 11.6 Å². The lowest BCUT2D eigenvalue weighted by molar-refractivity contribution is 0.0981. The van der Waals surface area contributed by atoms with E-state index >= 15 is 0 Å². The fourth-order valence-corrected chi connectivity index (χ4v) is 4.70. The molecule has 0 amide bonds. The second-order valence-electron chi connectivity index (χ2n) is 9.50. The van der Waals surface area contributed by atoms with Crippen LogP contribution in [0.3, 0.4) is 0 Å². The molecule has 0 aliphatic rings. The van der Waals surface area contributed by atoms with E-state index in [4.69, 9.17) is 0 Å². The lowest BCUT2D eigenvalue weighted by Crippen LogP contribution is -2.27. The van der Waals surface area contributed by atoms with Gasteiger partial charge in [0.1, 0.15) is 11.3 Å². The van der Waals surface area contributed by atoms with Gasteiger partial charge >= 0.3 is 0 Å². The van der Waals surface area contributed by atoms with Crippen LogP contribution in [0.1, 0.15) is 34.3 Å². The Morgan fingerprint density at radius 1 is 0.975 bits per heavy atom. The summed E-state index contributed by atoms with van der Waals surface area (Å²) < 4.78 is 27.9. The highest BCUT2D eigenvalue weighted by molar-refractivity contribution is 5.97. The number of para-hydroxylation sites is 1. The zero-order chi connectivity index (χ0) is 27.6. The largest absolute Gasteiger partial charge is 0.353 e. The van der Waals surface area contributed by atoms with Gasteiger partial charge in [-0.15, -0.1) is 0 Å². The number of halogens is 2. The maximum absolute atomic E-state index is 13.5. The Kier molecular flexibility index (Phi) is 6.61. The number of hydrogen-bond donors (Lipinski definition) is 2. The molecule has 0 bridgehead atoms. The molecular formula is C31H23F2N5O2. The Hall–Kier alpha value is -5.18. The third-order valence-corrected chi connectivity index (χ3v) is 6.76. The van der Waals surface area contributed by atoms with Gasteiger partial charge in [0.15, 0.2) is 17.4 Å². The Balaban J connectivity index is 1.11. The molecule has 0 unspecified atom stereocenters. The number of nitrogens with zero attached hydrogens (tertiary/aromatic N) is 3. The number of rotatable bonds is 8. The quantitative estimate of drug-likeness (QED) is 0.225. The van der Waals surface area contributed by atoms with Crippen LogP contribution in [-0.4, -0.2) is 30.5 Å². The fourth-order valence-electron chi connectivity index (χ4n) is 4.70. The number of carbonyl (C=O) groups is 1. The molecule has 198 valence electrons. The fraction of sp³-hybridized carbons (Fsp3) is 0.0968. The molecule has 0 saturated heterocycles. The van der Waals surface area contributed by atoms with Gasteiger partial charge in [-0.05, 0) is 53.9 Å². The smallest absolute Gasteiger partial charge is 0.264 e. The number of carbonyl (C=O) groups excluding carboxylic acids is 1. The third-order valence-electron chi connectivity index (χ3n) is 6.76. The van der Waals surface area contributed by atoms with Crippen LogP contribution in [-0.2, 0) is 6.54 Å². The number of H-pyrrole nitrogens is 2. The Morgan fingerprint density at radius 3 is 2.70 bits per heavy atom. The van der Waals surface area contributed by atoms with E-state index in [9.17, 15) is 18.4 Å². The van der Waals surface area contributed by atoms with E-state index in [2.05, 4.69) is 32.3 Å². The van der Waals surface area contributed by atoms with Gasteiger partial charge in [0, 0.05) is 28.9 Å². The topological polar surface area (TPSA) is 96.4 Å². The minimum atomic E-state index is -1.00. The van der Waals surface area contributed by atoms with E-state index in [-0.39, 0.29) is 24.3 Å². The van der Waals surface area contributed by atoms with Gasteiger partial charge in [0.05, 0.1) is 24.1 Å². The molecule has 6 aromatic rings. The number of nitrogens with one attached hydrogen (secondary N) is 2. The molecule has 0 spiro atoms. The average Bonchev–Trinajstić information content (AvgIpc) is 3.58. The van der Waals surface area contributed by atoms with Crippen molar-refractivity contribution >= 4 is 33.7 Å². The van der Waals surface area contributed by atoms with Crippen molar-refractivity contribution in [1.82, 2.24) is 24.7 Å². The molecule has 9 heteroatoms. The van der Waals surface area contributed by atoms with Gasteiger partial charge in [-0.25, -0.2) is 13.8 Å². The Labute approximate surface area is 226 Å². The summed E-state index contributed by atoms with van der Waals surface area (Å²) in [4.78, 5) is 32.9. The molecule has 3 heterocycles. The standard InChI is InChI=1S/C31H23F2N5O2/c32-24-12-10-20(13-25(24)33)17-38-18-34-16-23(31(38)40)29(39)8-4-1-5-19-9-11-22-27(14-19)36-37-30(22)28-15-21-6-2-3-7-26(21)35-28/h1-3,5-7,9-16,18,35H,4,8,17H2,(H,36,37)/b5-1+. The number of hydrogen-bond acceptors (Lipinski definition) is 4. The molecule has 0 aliphatic heterocycles. The zero-order valence-electron chi connectivity index (χ0n) is 21.2. The van der Waals surface area contributed by atoms with Gasteiger partial charge in [0.2, 0.25) is 0 Å². The number of aromatic amines is 2. The van der Waals surface area contributed by atoms with Gasteiger partial charge in [-0.2, -0.15) is 5.10 Å². The molecule has 7 nitrogen and oxygen atoms in total. The Morgan fingerprint density at radius 2 is 1.85 bits per heavy atom. The van der Waals surface area contributed by atoms with Gasteiger partial charge in [0.25, 0.3) is 5.56 Å². The molecule has 3 aromatic carbocycles. The van der Waals surface area contributed by atoms with Crippen molar-refractivity contribution < 1.29 is 13.6 Å². The average molecular weight is 536 g/mol. The normalized spacial score (nSPS) is 11.7. The maximum Gasteiger partial charge on any atom is 0.264 e. The molecule has 6 rings (SSSR count). The highest BCUT2D eigenvalue weighted by Gasteiger charge is 2.14. The number of benzene rings is 3. The Bertz CT molecular complexity index is 1940.